The van der Waals surface area contributed by atoms with Gasteiger partial charge in [-0.1, -0.05) is 0 Å². The monoisotopic (exact) mass is 270 g/mol. The maximum atomic E-state index is 11.8. The van der Waals surface area contributed by atoms with E-state index in [2.05, 4.69) is 22.5 Å². The van der Waals surface area contributed by atoms with Crippen LogP contribution in [0, 0.1) is 5.92 Å². The van der Waals surface area contributed by atoms with Gasteiger partial charge in [0.25, 0.3) is 0 Å². The Morgan fingerprint density at radius 2 is 2.05 bits per heavy atom. The second kappa shape index (κ2) is 7.45. The Morgan fingerprint density at radius 3 is 2.63 bits per heavy atom. The number of carbonyl (C=O) groups is 2. The van der Waals surface area contributed by atoms with Crippen molar-refractivity contribution in [3.05, 3.63) is 0 Å². The normalized spacial score (nSPS) is 24.3. The molecule has 0 bridgehead atoms. The predicted molar refractivity (Wildman–Crippen MR) is 74.6 cm³/mol. The van der Waals surface area contributed by atoms with Gasteiger partial charge >= 0.3 is 6.03 Å². The third-order valence-corrected chi connectivity index (χ3v) is 3.46. The molecule has 1 rings (SSSR count). The quantitative estimate of drug-likeness (QED) is 0.685. The number of nitrogens with one attached hydrogen (secondary N) is 2. The minimum Gasteiger partial charge on any atom is -0.336 e. The summed E-state index contributed by atoms with van der Waals surface area (Å²) in [7, 11) is 0. The van der Waals surface area contributed by atoms with Gasteiger partial charge in [0.15, 0.2) is 0 Å². The third-order valence-electron chi connectivity index (χ3n) is 3.46. The predicted octanol–water partition coefficient (Wildman–Crippen LogP) is 0.280. The van der Waals surface area contributed by atoms with Crippen molar-refractivity contribution < 1.29 is 9.59 Å². The Hall–Kier alpha value is -1.14. The molecule has 1 aliphatic rings. The number of hydrogen-bond donors (Lipinski definition) is 3. The first-order chi connectivity index (χ1) is 8.92. The lowest BCUT2D eigenvalue weighted by Gasteiger charge is -2.37. The molecule has 0 radical (unpaired) electrons. The number of likely N-dealkylation sites (tertiary alicyclic amines) is 1. The number of nitrogens with two attached hydrogens (primary N) is 1. The lowest BCUT2D eigenvalue weighted by molar-refractivity contribution is -0.122. The molecule has 1 saturated heterocycles. The molecule has 0 aliphatic carbocycles. The van der Waals surface area contributed by atoms with Gasteiger partial charge in [0, 0.05) is 18.6 Å². The summed E-state index contributed by atoms with van der Waals surface area (Å²) in [4.78, 5) is 25.3. The van der Waals surface area contributed by atoms with Crippen LogP contribution in [0.3, 0.4) is 0 Å². The van der Waals surface area contributed by atoms with E-state index in [1.165, 1.54) is 0 Å². The number of piperidine rings is 1. The van der Waals surface area contributed by atoms with Gasteiger partial charge in [0.05, 0.1) is 6.54 Å². The molecule has 1 aliphatic heterocycles. The third kappa shape index (κ3) is 5.57. The second-order valence-corrected chi connectivity index (χ2v) is 5.63. The van der Waals surface area contributed by atoms with Crippen LogP contribution in [0.15, 0.2) is 0 Å². The standard InChI is InChI=1S/C13H26N4O2/c1-9(2)15-13(19)16-12(18)8-17-7-11(6-14)5-4-10(17)3/h9-11H,4-8,14H2,1-3H3,(H2,15,16,18,19). The maximum absolute atomic E-state index is 11.8. The lowest BCUT2D eigenvalue weighted by atomic mass is 9.93. The van der Waals surface area contributed by atoms with Crippen molar-refractivity contribution in [3.63, 3.8) is 0 Å². The lowest BCUT2D eigenvalue weighted by Crippen LogP contribution is -2.51. The van der Waals surface area contributed by atoms with Gasteiger partial charge < -0.3 is 11.1 Å². The molecule has 0 aromatic heterocycles. The minimum atomic E-state index is -0.431. The van der Waals surface area contributed by atoms with E-state index in [4.69, 9.17) is 5.73 Å². The highest BCUT2D eigenvalue weighted by Crippen LogP contribution is 2.20. The molecule has 0 aromatic carbocycles. The molecule has 0 aromatic rings. The first-order valence-electron chi connectivity index (χ1n) is 6.96. The van der Waals surface area contributed by atoms with Crippen LogP contribution in [0.4, 0.5) is 4.79 Å². The summed E-state index contributed by atoms with van der Waals surface area (Å²) in [6.45, 7) is 7.54. The summed E-state index contributed by atoms with van der Waals surface area (Å²) in [6, 6.07) is -0.0509. The van der Waals surface area contributed by atoms with Gasteiger partial charge in [-0.3, -0.25) is 15.0 Å². The molecular formula is C13H26N4O2. The number of amides is 3. The van der Waals surface area contributed by atoms with Crippen molar-refractivity contribution in [3.8, 4) is 0 Å². The van der Waals surface area contributed by atoms with E-state index in [1.54, 1.807) is 0 Å². The first kappa shape index (κ1) is 15.9. The average Bonchev–Trinajstić information content (AvgIpc) is 2.30. The highest BCUT2D eigenvalue weighted by molar-refractivity contribution is 5.95. The minimum absolute atomic E-state index is 0.0170. The van der Waals surface area contributed by atoms with Crippen LogP contribution < -0.4 is 16.4 Å². The van der Waals surface area contributed by atoms with Crippen molar-refractivity contribution in [2.45, 2.75) is 45.7 Å². The van der Waals surface area contributed by atoms with Crippen LogP contribution in [0.25, 0.3) is 0 Å². The molecule has 0 saturated carbocycles. The summed E-state index contributed by atoms with van der Waals surface area (Å²) in [5.74, 6) is 0.191. The molecule has 3 amide bonds. The smallest absolute Gasteiger partial charge is 0.321 e. The maximum Gasteiger partial charge on any atom is 0.321 e. The number of imide groups is 1. The SMILES string of the molecule is CC(C)NC(=O)NC(=O)CN1CC(CN)CCC1C. The summed E-state index contributed by atoms with van der Waals surface area (Å²) in [5.41, 5.74) is 5.69. The van der Waals surface area contributed by atoms with E-state index in [0.29, 0.717) is 18.5 Å². The largest absolute Gasteiger partial charge is 0.336 e. The van der Waals surface area contributed by atoms with Crippen LogP contribution in [0.5, 0.6) is 0 Å². The van der Waals surface area contributed by atoms with Gasteiger partial charge in [0.1, 0.15) is 0 Å². The molecule has 6 nitrogen and oxygen atoms in total. The topological polar surface area (TPSA) is 87.5 Å². The van der Waals surface area contributed by atoms with Crippen LogP contribution in [-0.4, -0.2) is 48.6 Å². The number of carbonyl (C=O) groups excluding carboxylic acids is 2. The van der Waals surface area contributed by atoms with Crippen LogP contribution in [0.1, 0.15) is 33.6 Å². The molecule has 110 valence electrons. The second-order valence-electron chi connectivity index (χ2n) is 5.63. The zero-order valence-corrected chi connectivity index (χ0v) is 12.1. The molecule has 4 N–H and O–H groups in total. The molecule has 2 atom stereocenters. The van der Waals surface area contributed by atoms with Crippen molar-refractivity contribution in [2.24, 2.45) is 11.7 Å². The number of hydrogen-bond acceptors (Lipinski definition) is 4. The molecule has 0 spiro atoms. The van der Waals surface area contributed by atoms with E-state index in [1.807, 2.05) is 13.8 Å². The Morgan fingerprint density at radius 1 is 1.37 bits per heavy atom. The van der Waals surface area contributed by atoms with Gasteiger partial charge in [-0.05, 0) is 46.1 Å². The Balaban J connectivity index is 2.40. The Bertz CT molecular complexity index is 320. The van der Waals surface area contributed by atoms with Gasteiger partial charge in [-0.15, -0.1) is 0 Å². The van der Waals surface area contributed by atoms with Crippen molar-refractivity contribution in [1.29, 1.82) is 0 Å². The molecular weight excluding hydrogens is 244 g/mol. The Kier molecular flexibility index (Phi) is 6.24. The Labute approximate surface area is 115 Å². The average molecular weight is 270 g/mol. The summed E-state index contributed by atoms with van der Waals surface area (Å²) < 4.78 is 0. The van der Waals surface area contributed by atoms with E-state index in [0.717, 1.165) is 19.4 Å². The van der Waals surface area contributed by atoms with Gasteiger partial charge in [0.2, 0.25) is 5.91 Å². The van der Waals surface area contributed by atoms with E-state index in [-0.39, 0.29) is 18.5 Å². The van der Waals surface area contributed by atoms with E-state index >= 15 is 0 Å². The van der Waals surface area contributed by atoms with Crippen molar-refractivity contribution in [2.75, 3.05) is 19.6 Å². The van der Waals surface area contributed by atoms with Crippen molar-refractivity contribution >= 4 is 11.9 Å². The summed E-state index contributed by atoms with van der Waals surface area (Å²) >= 11 is 0. The fourth-order valence-corrected chi connectivity index (χ4v) is 2.32. The number of nitrogens with zero attached hydrogens (tertiary/aromatic N) is 1. The molecule has 1 fully saturated rings. The van der Waals surface area contributed by atoms with Crippen molar-refractivity contribution in [1.82, 2.24) is 15.5 Å². The fourth-order valence-electron chi connectivity index (χ4n) is 2.32. The number of urea groups is 1. The van der Waals surface area contributed by atoms with E-state index < -0.39 is 6.03 Å². The molecule has 2 unspecified atom stereocenters. The molecule has 6 heteroatoms. The summed E-state index contributed by atoms with van der Waals surface area (Å²) in [6.07, 6.45) is 2.16. The van der Waals surface area contributed by atoms with Crippen LogP contribution in [-0.2, 0) is 4.79 Å². The van der Waals surface area contributed by atoms with E-state index in [9.17, 15) is 9.59 Å². The van der Waals surface area contributed by atoms with Crippen LogP contribution >= 0.6 is 0 Å². The highest BCUT2D eigenvalue weighted by atomic mass is 16.2. The summed E-state index contributed by atoms with van der Waals surface area (Å²) in [5, 5.41) is 4.98. The number of rotatable bonds is 4. The zero-order valence-electron chi connectivity index (χ0n) is 12.1. The van der Waals surface area contributed by atoms with Gasteiger partial charge in [-0.2, -0.15) is 0 Å². The molecule has 1 heterocycles. The molecule has 19 heavy (non-hydrogen) atoms. The van der Waals surface area contributed by atoms with Crippen LogP contribution in [0.2, 0.25) is 0 Å². The first-order valence-corrected chi connectivity index (χ1v) is 6.96. The highest BCUT2D eigenvalue weighted by Gasteiger charge is 2.26. The van der Waals surface area contributed by atoms with Gasteiger partial charge in [-0.25, -0.2) is 4.79 Å². The fraction of sp³-hybridized carbons (Fsp3) is 0.846. The zero-order chi connectivity index (χ0) is 14.4.